The van der Waals surface area contributed by atoms with Crippen LogP contribution in [0.5, 0.6) is 0 Å². The Morgan fingerprint density at radius 2 is 1.88 bits per heavy atom. The summed E-state index contributed by atoms with van der Waals surface area (Å²) in [5.41, 5.74) is 13.0. The van der Waals surface area contributed by atoms with Crippen LogP contribution in [0, 0.1) is 11.3 Å². The second-order valence-corrected chi connectivity index (χ2v) is 6.56. The Bertz CT molecular complexity index is 546. The van der Waals surface area contributed by atoms with E-state index >= 15 is 0 Å². The number of hydrogen-bond acceptors (Lipinski definition) is 4. The molecule has 1 saturated carbocycles. The monoisotopic (exact) mass is 343 g/mol. The Morgan fingerprint density at radius 1 is 1.24 bits per heavy atom. The molecule has 4 nitrogen and oxygen atoms in total. The Morgan fingerprint density at radius 3 is 2.36 bits per heavy atom. The molecule has 0 radical (unpaired) electrons. The molecule has 0 heterocycles. The van der Waals surface area contributed by atoms with Gasteiger partial charge in [0.25, 0.3) is 0 Å². The summed E-state index contributed by atoms with van der Waals surface area (Å²) in [5, 5.41) is 16.8. The maximum Gasteiger partial charge on any atom is 0.123 e. The normalized spacial score (nSPS) is 17.4. The third-order valence-corrected chi connectivity index (χ3v) is 4.58. The highest BCUT2D eigenvalue weighted by atomic mass is 16.3. The highest BCUT2D eigenvalue weighted by molar-refractivity contribution is 5.80. The lowest BCUT2D eigenvalue weighted by atomic mass is 9.85. The average Bonchev–Trinajstić information content (AvgIpc) is 2.64. The molecule has 1 aliphatic carbocycles. The molecule has 2 rings (SSSR count). The molecule has 0 amide bonds. The van der Waals surface area contributed by atoms with Crippen molar-refractivity contribution >= 4 is 6.21 Å². The van der Waals surface area contributed by atoms with E-state index in [9.17, 15) is 5.11 Å². The van der Waals surface area contributed by atoms with Gasteiger partial charge in [0.1, 0.15) is 5.76 Å². The average molecular weight is 344 g/mol. The second kappa shape index (κ2) is 12.3. The van der Waals surface area contributed by atoms with Crippen LogP contribution in [0.4, 0.5) is 0 Å². The van der Waals surface area contributed by atoms with Gasteiger partial charge in [0.05, 0.1) is 0 Å². The first-order valence-electron chi connectivity index (χ1n) is 9.23. The van der Waals surface area contributed by atoms with Crippen LogP contribution >= 0.6 is 0 Å². The van der Waals surface area contributed by atoms with Crippen LogP contribution in [-0.2, 0) is 6.42 Å². The highest BCUT2D eigenvalue weighted by Gasteiger charge is 2.16. The van der Waals surface area contributed by atoms with Gasteiger partial charge in [-0.1, -0.05) is 69.4 Å². The minimum Gasteiger partial charge on any atom is -0.507 e. The first-order chi connectivity index (χ1) is 12.1. The van der Waals surface area contributed by atoms with E-state index in [4.69, 9.17) is 16.9 Å². The van der Waals surface area contributed by atoms with Crippen molar-refractivity contribution in [2.24, 2.45) is 17.4 Å². The zero-order chi connectivity index (χ0) is 18.5. The Hall–Kier alpha value is -2.07. The lowest BCUT2D eigenvalue weighted by Crippen LogP contribution is -2.23. The summed E-state index contributed by atoms with van der Waals surface area (Å²) in [6, 6.07) is 10.3. The van der Waals surface area contributed by atoms with E-state index in [2.05, 4.69) is 31.2 Å². The summed E-state index contributed by atoms with van der Waals surface area (Å²) in [6.07, 6.45) is 12.3. The predicted molar refractivity (Wildman–Crippen MR) is 107 cm³/mol. The summed E-state index contributed by atoms with van der Waals surface area (Å²) in [6.45, 7) is 2.16. The molecule has 1 aromatic rings. The first kappa shape index (κ1) is 21.0. The fraction of sp³-hybridized carbons (Fsp3) is 0.476. The van der Waals surface area contributed by atoms with Crippen molar-refractivity contribution < 1.29 is 5.11 Å². The van der Waals surface area contributed by atoms with Crippen LogP contribution in [0.15, 0.2) is 53.9 Å². The van der Waals surface area contributed by atoms with Crippen molar-refractivity contribution in [2.75, 3.05) is 0 Å². The molecule has 0 spiro atoms. The van der Waals surface area contributed by atoms with Gasteiger partial charge in [-0.2, -0.15) is 0 Å². The maximum atomic E-state index is 9.69. The molecule has 1 atom stereocenters. The second-order valence-electron chi connectivity index (χ2n) is 6.56. The SMILES string of the molecule is CCc1ccccc1.N=CC(=C\N)/C(O)=C/C(N)CC1CCCCC1. The van der Waals surface area contributed by atoms with E-state index in [1.165, 1.54) is 43.9 Å². The number of hydrogen-bond donors (Lipinski definition) is 4. The Kier molecular flexibility index (Phi) is 10.3. The van der Waals surface area contributed by atoms with E-state index in [0.717, 1.165) is 19.1 Å². The number of nitrogens with two attached hydrogens (primary N) is 2. The minimum atomic E-state index is -0.159. The smallest absolute Gasteiger partial charge is 0.123 e. The van der Waals surface area contributed by atoms with Crippen LogP contribution in [0.25, 0.3) is 0 Å². The molecule has 25 heavy (non-hydrogen) atoms. The van der Waals surface area contributed by atoms with Crippen LogP contribution in [0.1, 0.15) is 51.0 Å². The Labute approximate surface area is 152 Å². The van der Waals surface area contributed by atoms with Crippen molar-refractivity contribution in [2.45, 2.75) is 57.9 Å². The molecule has 0 aromatic heterocycles. The topological polar surface area (TPSA) is 96.1 Å². The molecular formula is C21H33N3O. The Balaban J connectivity index is 0.000000324. The largest absolute Gasteiger partial charge is 0.507 e. The van der Waals surface area contributed by atoms with Gasteiger partial charge < -0.3 is 22.0 Å². The summed E-state index contributed by atoms with van der Waals surface area (Å²) < 4.78 is 0. The van der Waals surface area contributed by atoms with Gasteiger partial charge in [-0.25, -0.2) is 0 Å². The molecule has 1 fully saturated rings. The van der Waals surface area contributed by atoms with Crippen LogP contribution in [0.2, 0.25) is 0 Å². The van der Waals surface area contributed by atoms with E-state index in [1.54, 1.807) is 6.08 Å². The van der Waals surface area contributed by atoms with E-state index in [1.807, 2.05) is 6.07 Å². The summed E-state index contributed by atoms with van der Waals surface area (Å²) in [7, 11) is 0. The molecule has 1 unspecified atom stereocenters. The van der Waals surface area contributed by atoms with Gasteiger partial charge in [-0.15, -0.1) is 0 Å². The van der Waals surface area contributed by atoms with Crippen molar-refractivity contribution in [1.29, 1.82) is 5.41 Å². The van der Waals surface area contributed by atoms with Crippen molar-refractivity contribution in [1.82, 2.24) is 0 Å². The maximum absolute atomic E-state index is 9.69. The highest BCUT2D eigenvalue weighted by Crippen LogP contribution is 2.27. The number of aliphatic hydroxyl groups excluding tert-OH is 1. The molecule has 6 N–H and O–H groups in total. The molecule has 1 aromatic carbocycles. The third kappa shape index (κ3) is 8.54. The molecule has 4 heteroatoms. The van der Waals surface area contributed by atoms with Crippen LogP contribution in [-0.4, -0.2) is 17.4 Å². The van der Waals surface area contributed by atoms with Gasteiger partial charge in [-0.05, 0) is 30.4 Å². The summed E-state index contributed by atoms with van der Waals surface area (Å²) >= 11 is 0. The van der Waals surface area contributed by atoms with E-state index in [0.29, 0.717) is 11.5 Å². The fourth-order valence-corrected chi connectivity index (χ4v) is 3.10. The zero-order valence-electron chi connectivity index (χ0n) is 15.3. The van der Waals surface area contributed by atoms with E-state index in [-0.39, 0.29) is 11.8 Å². The van der Waals surface area contributed by atoms with Gasteiger partial charge in [0.2, 0.25) is 0 Å². The fourth-order valence-electron chi connectivity index (χ4n) is 3.10. The number of aliphatic hydroxyl groups is 1. The number of benzene rings is 1. The number of rotatable bonds is 6. The predicted octanol–water partition coefficient (Wildman–Crippen LogP) is 4.47. The number of aryl methyl sites for hydroxylation is 1. The first-order valence-corrected chi connectivity index (χ1v) is 9.23. The number of allylic oxidation sites excluding steroid dienone is 1. The van der Waals surface area contributed by atoms with E-state index < -0.39 is 0 Å². The number of nitrogens with one attached hydrogen (secondary N) is 1. The molecule has 138 valence electrons. The van der Waals surface area contributed by atoms with Gasteiger partial charge in [0, 0.05) is 24.0 Å². The van der Waals surface area contributed by atoms with Crippen LogP contribution in [0.3, 0.4) is 0 Å². The summed E-state index contributed by atoms with van der Waals surface area (Å²) in [5.74, 6) is 0.680. The van der Waals surface area contributed by atoms with Crippen molar-refractivity contribution in [3.63, 3.8) is 0 Å². The third-order valence-electron chi connectivity index (χ3n) is 4.58. The molecule has 0 saturated heterocycles. The zero-order valence-corrected chi connectivity index (χ0v) is 15.3. The quantitative estimate of drug-likeness (QED) is 0.348. The standard InChI is InChI=1S/C13H23N3O.C8H10/c14-8-11(9-15)13(17)7-12(16)6-10-4-2-1-3-5-10;1-2-8-6-4-3-5-7-8/h7-10,12,14,17H,1-6,15-16H2;3-7H,2H2,1H3/b11-9+,13-7-,14-8?;. The molecule has 1 aliphatic rings. The van der Waals surface area contributed by atoms with Gasteiger partial charge in [0.15, 0.2) is 0 Å². The van der Waals surface area contributed by atoms with Crippen molar-refractivity contribution in [3.8, 4) is 0 Å². The summed E-state index contributed by atoms with van der Waals surface area (Å²) in [4.78, 5) is 0. The molecule has 0 bridgehead atoms. The molecule has 0 aliphatic heterocycles. The lowest BCUT2D eigenvalue weighted by molar-refractivity contribution is 0.327. The van der Waals surface area contributed by atoms with Crippen LogP contribution < -0.4 is 11.5 Å². The van der Waals surface area contributed by atoms with Crippen molar-refractivity contribution in [3.05, 3.63) is 59.5 Å². The van der Waals surface area contributed by atoms with Gasteiger partial charge >= 0.3 is 0 Å². The lowest BCUT2D eigenvalue weighted by Gasteiger charge is -2.23. The van der Waals surface area contributed by atoms with Gasteiger partial charge in [-0.3, -0.25) is 0 Å². The minimum absolute atomic E-state index is 0.00538. The molecular weight excluding hydrogens is 310 g/mol.